The van der Waals surface area contributed by atoms with Gasteiger partial charge < -0.3 is 9.80 Å². The molecule has 1 spiro atoms. The molecule has 0 bridgehead atoms. The van der Waals surface area contributed by atoms with Crippen molar-refractivity contribution in [3.8, 4) is 44.5 Å². The second-order valence-electron chi connectivity index (χ2n) is 21.1. The summed E-state index contributed by atoms with van der Waals surface area (Å²) in [5.74, 6) is 0.943. The Morgan fingerprint density at radius 1 is 0.361 bits per heavy atom. The minimum atomic E-state index is -0.205. The highest BCUT2D eigenvalue weighted by atomic mass is 15.2. The van der Waals surface area contributed by atoms with E-state index in [-0.39, 0.29) is 10.8 Å². The zero-order valence-corrected chi connectivity index (χ0v) is 41.0. The van der Waals surface area contributed by atoms with Crippen LogP contribution in [0.15, 0.2) is 243 Å². The maximum Gasteiger partial charge on any atom is 0.0618 e. The van der Waals surface area contributed by atoms with Crippen LogP contribution in [0, 0.1) is 11.8 Å². The van der Waals surface area contributed by atoms with Crippen LogP contribution in [-0.2, 0) is 23.7 Å². The third kappa shape index (κ3) is 6.34. The normalized spacial score (nSPS) is 18.4. The van der Waals surface area contributed by atoms with E-state index in [0.717, 1.165) is 18.5 Å². The largest absolute Gasteiger partial charge is 0.310 e. The summed E-state index contributed by atoms with van der Waals surface area (Å²) in [6.07, 6.45) is 4.58. The van der Waals surface area contributed by atoms with Crippen LogP contribution in [0.3, 0.4) is 0 Å². The van der Waals surface area contributed by atoms with Gasteiger partial charge in [0.05, 0.1) is 17.1 Å². The van der Waals surface area contributed by atoms with E-state index in [1.165, 1.54) is 119 Å². The number of fused-ring (bicyclic) bond motifs is 5. The molecule has 72 heavy (non-hydrogen) atoms. The first-order chi connectivity index (χ1) is 35.5. The fraction of sp³-hybridized carbons (Fsp3) is 0.143. The Labute approximate surface area is 424 Å². The van der Waals surface area contributed by atoms with Gasteiger partial charge in [0, 0.05) is 39.0 Å². The molecular weight excluding hydrogens is 869 g/mol. The van der Waals surface area contributed by atoms with Crippen molar-refractivity contribution in [2.45, 2.75) is 50.4 Å². The van der Waals surface area contributed by atoms with E-state index in [1.807, 2.05) is 0 Å². The van der Waals surface area contributed by atoms with Gasteiger partial charge in [0.25, 0.3) is 0 Å². The van der Waals surface area contributed by atoms with Crippen LogP contribution >= 0.6 is 0 Å². The topological polar surface area (TPSA) is 6.48 Å². The quantitative estimate of drug-likeness (QED) is 0.142. The summed E-state index contributed by atoms with van der Waals surface area (Å²) in [6, 6.07) is 91.0. The Kier molecular flexibility index (Phi) is 9.90. The van der Waals surface area contributed by atoms with E-state index in [1.54, 1.807) is 0 Å². The maximum atomic E-state index is 2.65. The van der Waals surface area contributed by atoms with Crippen molar-refractivity contribution in [1.29, 1.82) is 0 Å². The van der Waals surface area contributed by atoms with Gasteiger partial charge in [-0.15, -0.1) is 0 Å². The highest BCUT2D eigenvalue weighted by Gasteiger charge is 2.62. The molecule has 0 heterocycles. The van der Waals surface area contributed by atoms with Gasteiger partial charge in [-0.2, -0.15) is 0 Å². The van der Waals surface area contributed by atoms with Gasteiger partial charge in [-0.05, 0) is 153 Å². The van der Waals surface area contributed by atoms with Gasteiger partial charge in [-0.1, -0.05) is 208 Å². The van der Waals surface area contributed by atoms with Crippen molar-refractivity contribution in [3.63, 3.8) is 0 Å². The lowest BCUT2D eigenvalue weighted by molar-refractivity contribution is 0.350. The zero-order chi connectivity index (χ0) is 48.0. The van der Waals surface area contributed by atoms with Crippen LogP contribution in [0.1, 0.15) is 60.1 Å². The number of hydrogen-bond acceptors (Lipinski definition) is 2. The van der Waals surface area contributed by atoms with E-state index in [4.69, 9.17) is 0 Å². The van der Waals surface area contributed by atoms with E-state index < -0.39 is 0 Å². The van der Waals surface area contributed by atoms with Crippen LogP contribution < -0.4 is 9.80 Å². The SMILES string of the molecule is CC1(C)c2cc(N(c3ccccc3)c3cccc4c3C35c6c(cccc6N(c6ccccc6)c6c(-c7ccccc7)cccc6-c6ccccc6)CC3CCC5C4)ccc2-c2c(-c3ccccc3)cccc21. The van der Waals surface area contributed by atoms with Crippen LogP contribution in [0.2, 0.25) is 0 Å². The van der Waals surface area contributed by atoms with Crippen molar-refractivity contribution in [3.05, 3.63) is 276 Å². The number of hydrogen-bond donors (Lipinski definition) is 0. The van der Waals surface area contributed by atoms with E-state index in [9.17, 15) is 0 Å². The summed E-state index contributed by atoms with van der Waals surface area (Å²) in [5.41, 5.74) is 25.8. The average molecular weight is 925 g/mol. The number of nitrogens with zero attached hydrogens (tertiary/aromatic N) is 2. The molecule has 0 N–H and O–H groups in total. The van der Waals surface area contributed by atoms with Gasteiger partial charge in [-0.25, -0.2) is 0 Å². The molecule has 3 unspecified atom stereocenters. The lowest BCUT2D eigenvalue weighted by atomic mass is 9.68. The molecule has 3 atom stereocenters. The second-order valence-corrected chi connectivity index (χ2v) is 21.1. The number of anilines is 6. The first kappa shape index (κ1) is 42.7. The Bertz CT molecular complexity index is 3610. The molecule has 346 valence electrons. The van der Waals surface area contributed by atoms with Gasteiger partial charge in [0.2, 0.25) is 0 Å². The summed E-state index contributed by atoms with van der Waals surface area (Å²) in [5, 5.41) is 0. The molecule has 0 aliphatic heterocycles. The fourth-order valence-corrected chi connectivity index (χ4v) is 14.3. The molecule has 0 aromatic heterocycles. The molecule has 0 amide bonds. The van der Waals surface area contributed by atoms with Gasteiger partial charge in [0.15, 0.2) is 0 Å². The molecule has 0 saturated heterocycles. The maximum absolute atomic E-state index is 2.65. The number of benzene rings is 10. The monoisotopic (exact) mass is 924 g/mol. The third-order valence-corrected chi connectivity index (χ3v) is 17.1. The molecule has 10 aromatic carbocycles. The van der Waals surface area contributed by atoms with Crippen molar-refractivity contribution in [2.24, 2.45) is 11.8 Å². The molecule has 2 heteroatoms. The predicted octanol–water partition coefficient (Wildman–Crippen LogP) is 18.4. The number of rotatable bonds is 9. The number of para-hydroxylation sites is 3. The van der Waals surface area contributed by atoms with Gasteiger partial charge >= 0.3 is 0 Å². The summed E-state index contributed by atoms with van der Waals surface area (Å²) < 4.78 is 0. The van der Waals surface area contributed by atoms with Crippen LogP contribution in [-0.4, -0.2) is 0 Å². The van der Waals surface area contributed by atoms with Crippen molar-refractivity contribution >= 4 is 34.1 Å². The van der Waals surface area contributed by atoms with Crippen molar-refractivity contribution in [2.75, 3.05) is 9.80 Å². The van der Waals surface area contributed by atoms with E-state index >= 15 is 0 Å². The average Bonchev–Trinajstić information content (AvgIpc) is 4.14. The molecular formula is C70H56N2. The Balaban J connectivity index is 1.01. The van der Waals surface area contributed by atoms with Crippen molar-refractivity contribution in [1.82, 2.24) is 0 Å². The summed E-state index contributed by atoms with van der Waals surface area (Å²) in [6.45, 7) is 4.84. The molecule has 2 nitrogen and oxygen atoms in total. The highest BCUT2D eigenvalue weighted by Crippen LogP contribution is 2.69. The minimum absolute atomic E-state index is 0.193. The van der Waals surface area contributed by atoms with Crippen LogP contribution in [0.4, 0.5) is 34.1 Å². The van der Waals surface area contributed by atoms with Gasteiger partial charge in [-0.3, -0.25) is 0 Å². The Morgan fingerprint density at radius 3 is 1.35 bits per heavy atom. The smallest absolute Gasteiger partial charge is 0.0618 e. The van der Waals surface area contributed by atoms with Crippen LogP contribution in [0.25, 0.3) is 44.5 Å². The highest BCUT2D eigenvalue weighted by molar-refractivity contribution is 5.99. The lowest BCUT2D eigenvalue weighted by Gasteiger charge is -2.40. The summed E-state index contributed by atoms with van der Waals surface area (Å²) in [7, 11) is 0. The van der Waals surface area contributed by atoms with E-state index in [2.05, 4.69) is 266 Å². The first-order valence-corrected chi connectivity index (χ1v) is 26.0. The molecule has 1 fully saturated rings. The standard InChI is InChI=1S/C70H56N2/c1-69(2)61-37-21-34-57(47-22-8-3-9-23-47)65(61)60-43-42-56(46-62(60)69)71(54-30-14-6-15-31-54)63-38-18-28-50-44-52-40-41-53-45-51-29-19-39-64(67(51)70(52,53)66(50)63)72(55-32-16-7-17-33-55)68-58(48-24-10-4-11-25-48)35-20-36-59(68)49-26-12-5-13-27-49/h3-39,42-43,46,52-53H,40-41,44-45H2,1-2H3. The van der Waals surface area contributed by atoms with Gasteiger partial charge in [0.1, 0.15) is 0 Å². The molecule has 1 saturated carbocycles. The lowest BCUT2D eigenvalue weighted by Crippen LogP contribution is -2.34. The molecule has 10 aromatic rings. The molecule has 4 aliphatic rings. The molecule has 14 rings (SSSR count). The second kappa shape index (κ2) is 16.7. The Hall–Kier alpha value is -8.20. The van der Waals surface area contributed by atoms with Crippen molar-refractivity contribution < 1.29 is 0 Å². The Morgan fingerprint density at radius 2 is 0.806 bits per heavy atom. The zero-order valence-electron chi connectivity index (χ0n) is 41.0. The summed E-state index contributed by atoms with van der Waals surface area (Å²) >= 11 is 0. The molecule has 0 radical (unpaired) electrons. The third-order valence-electron chi connectivity index (χ3n) is 17.1. The fourth-order valence-electron chi connectivity index (χ4n) is 14.3. The predicted molar refractivity (Wildman–Crippen MR) is 301 cm³/mol. The minimum Gasteiger partial charge on any atom is -0.310 e. The van der Waals surface area contributed by atoms with Crippen LogP contribution in [0.5, 0.6) is 0 Å². The molecule has 4 aliphatic carbocycles. The summed E-state index contributed by atoms with van der Waals surface area (Å²) in [4.78, 5) is 5.27. The first-order valence-electron chi connectivity index (χ1n) is 26.0. The van der Waals surface area contributed by atoms with E-state index in [0.29, 0.717) is 11.8 Å².